The van der Waals surface area contributed by atoms with E-state index in [1.807, 2.05) is 6.92 Å². The van der Waals surface area contributed by atoms with Crippen LogP contribution in [-0.4, -0.2) is 20.9 Å². The summed E-state index contributed by atoms with van der Waals surface area (Å²) < 4.78 is 27.1. The molecule has 0 bridgehead atoms. The van der Waals surface area contributed by atoms with Crippen LogP contribution in [0.25, 0.3) is 0 Å². The first-order valence-corrected chi connectivity index (χ1v) is 10.2. The minimum absolute atomic E-state index is 0.00976. The maximum atomic E-state index is 12.3. The number of aryl methyl sites for hydroxylation is 2. The minimum Gasteiger partial charge on any atom is -0.352 e. The Morgan fingerprint density at radius 3 is 2.46 bits per heavy atom. The van der Waals surface area contributed by atoms with Crippen molar-refractivity contribution < 1.29 is 13.2 Å². The second-order valence-electron chi connectivity index (χ2n) is 5.93. The van der Waals surface area contributed by atoms with Crippen molar-refractivity contribution in [3.8, 4) is 0 Å². The second-order valence-corrected chi connectivity index (χ2v) is 8.51. The molecule has 0 aliphatic carbocycles. The molecule has 2 aromatic carbocycles. The van der Waals surface area contributed by atoms with E-state index in [1.165, 1.54) is 0 Å². The van der Waals surface area contributed by atoms with E-state index in [4.69, 9.17) is 23.2 Å². The molecule has 0 aliphatic heterocycles. The molecule has 26 heavy (non-hydrogen) atoms. The van der Waals surface area contributed by atoms with Gasteiger partial charge >= 0.3 is 0 Å². The zero-order valence-corrected chi connectivity index (χ0v) is 16.8. The lowest BCUT2D eigenvalue weighted by Gasteiger charge is -2.10. The van der Waals surface area contributed by atoms with Crippen LogP contribution in [0.5, 0.6) is 0 Å². The first kappa shape index (κ1) is 20.7. The van der Waals surface area contributed by atoms with Gasteiger partial charge in [-0.3, -0.25) is 4.79 Å². The normalized spacial score (nSPS) is 11.4. The number of halogens is 2. The molecule has 0 spiro atoms. The Morgan fingerprint density at radius 2 is 1.81 bits per heavy atom. The first-order chi connectivity index (χ1) is 12.2. The van der Waals surface area contributed by atoms with E-state index in [1.54, 1.807) is 43.3 Å². The van der Waals surface area contributed by atoms with Crippen LogP contribution in [0.2, 0.25) is 10.0 Å². The van der Waals surface area contributed by atoms with Crippen LogP contribution in [0.1, 0.15) is 23.1 Å². The highest BCUT2D eigenvalue weighted by Gasteiger charge is 2.16. The lowest BCUT2D eigenvalue weighted by atomic mass is 10.2. The zero-order chi connectivity index (χ0) is 19.3. The molecule has 1 amide bonds. The van der Waals surface area contributed by atoms with E-state index in [-0.39, 0.29) is 30.3 Å². The molecular formula is C18H20Cl2N2O3S. The summed E-state index contributed by atoms with van der Waals surface area (Å²) in [6, 6.07) is 10.1. The summed E-state index contributed by atoms with van der Waals surface area (Å²) in [4.78, 5) is 12.1. The van der Waals surface area contributed by atoms with Gasteiger partial charge in [0.1, 0.15) is 0 Å². The molecule has 2 N–H and O–H groups in total. The minimum atomic E-state index is -3.65. The number of nitrogens with one attached hydrogen (secondary N) is 2. The van der Waals surface area contributed by atoms with Crippen LogP contribution in [0.3, 0.4) is 0 Å². The van der Waals surface area contributed by atoms with Crippen LogP contribution in [0, 0.1) is 13.8 Å². The topological polar surface area (TPSA) is 75.3 Å². The molecule has 0 heterocycles. The zero-order valence-electron chi connectivity index (χ0n) is 14.5. The van der Waals surface area contributed by atoms with Crippen molar-refractivity contribution in [1.29, 1.82) is 0 Å². The summed E-state index contributed by atoms with van der Waals surface area (Å²) in [5, 5.41) is 3.69. The average Bonchev–Trinajstić information content (AvgIpc) is 2.53. The van der Waals surface area contributed by atoms with Gasteiger partial charge in [-0.2, -0.15) is 0 Å². The van der Waals surface area contributed by atoms with Crippen molar-refractivity contribution in [2.45, 2.75) is 31.7 Å². The third-order valence-electron chi connectivity index (χ3n) is 3.76. The van der Waals surface area contributed by atoms with Gasteiger partial charge in [0.15, 0.2) is 0 Å². The van der Waals surface area contributed by atoms with E-state index < -0.39 is 10.0 Å². The molecule has 140 valence electrons. The Kier molecular flexibility index (Phi) is 7.06. The summed E-state index contributed by atoms with van der Waals surface area (Å²) in [5.41, 5.74) is 2.39. The number of sulfonamides is 1. The average molecular weight is 415 g/mol. The van der Waals surface area contributed by atoms with Crippen LogP contribution in [-0.2, 0) is 21.4 Å². The second kappa shape index (κ2) is 8.86. The molecule has 0 fully saturated rings. The van der Waals surface area contributed by atoms with Crippen molar-refractivity contribution in [3.05, 3.63) is 63.1 Å². The van der Waals surface area contributed by atoms with Gasteiger partial charge in [0.2, 0.25) is 15.9 Å². The lowest BCUT2D eigenvalue weighted by molar-refractivity contribution is -0.121. The Morgan fingerprint density at radius 1 is 1.08 bits per heavy atom. The molecule has 2 aromatic rings. The van der Waals surface area contributed by atoms with Gasteiger partial charge in [-0.1, -0.05) is 47.0 Å². The van der Waals surface area contributed by atoms with Gasteiger partial charge < -0.3 is 5.32 Å². The highest BCUT2D eigenvalue weighted by Crippen LogP contribution is 2.20. The fraction of sp³-hybridized carbons (Fsp3) is 0.278. The first-order valence-electron chi connectivity index (χ1n) is 7.96. The van der Waals surface area contributed by atoms with Crippen LogP contribution in [0.15, 0.2) is 41.3 Å². The Balaban J connectivity index is 1.85. The van der Waals surface area contributed by atoms with Gasteiger partial charge in [-0.25, -0.2) is 13.1 Å². The fourth-order valence-electron chi connectivity index (χ4n) is 2.42. The molecule has 8 heteroatoms. The fourth-order valence-corrected chi connectivity index (χ4v) is 4.16. The molecule has 0 radical (unpaired) electrons. The molecular weight excluding hydrogens is 395 g/mol. The maximum Gasteiger partial charge on any atom is 0.240 e. The van der Waals surface area contributed by atoms with Crippen molar-refractivity contribution in [2.75, 3.05) is 6.54 Å². The largest absolute Gasteiger partial charge is 0.352 e. The maximum absolute atomic E-state index is 12.3. The molecule has 0 saturated carbocycles. The van der Waals surface area contributed by atoms with Crippen molar-refractivity contribution in [3.63, 3.8) is 0 Å². The Hall–Kier alpha value is -1.60. The van der Waals surface area contributed by atoms with Crippen LogP contribution >= 0.6 is 23.2 Å². The van der Waals surface area contributed by atoms with E-state index in [9.17, 15) is 13.2 Å². The monoisotopic (exact) mass is 414 g/mol. The molecule has 2 rings (SSSR count). The number of hydrogen-bond acceptors (Lipinski definition) is 3. The van der Waals surface area contributed by atoms with Crippen LogP contribution in [0.4, 0.5) is 0 Å². The number of carbonyl (C=O) groups is 1. The highest BCUT2D eigenvalue weighted by molar-refractivity contribution is 7.89. The number of amides is 1. The molecule has 0 aliphatic rings. The van der Waals surface area contributed by atoms with Crippen molar-refractivity contribution in [1.82, 2.24) is 10.0 Å². The van der Waals surface area contributed by atoms with E-state index in [0.717, 1.165) is 11.1 Å². The predicted molar refractivity (Wildman–Crippen MR) is 104 cm³/mol. The van der Waals surface area contributed by atoms with E-state index in [2.05, 4.69) is 10.0 Å². The number of benzene rings is 2. The molecule has 0 saturated heterocycles. The summed E-state index contributed by atoms with van der Waals surface area (Å²) >= 11 is 11.9. The lowest BCUT2D eigenvalue weighted by Crippen LogP contribution is -2.31. The molecule has 0 unspecified atom stereocenters. The third-order valence-corrected chi connectivity index (χ3v) is 5.96. The summed E-state index contributed by atoms with van der Waals surface area (Å²) in [7, 11) is -3.65. The number of hydrogen-bond donors (Lipinski definition) is 2. The van der Waals surface area contributed by atoms with Gasteiger partial charge in [-0.15, -0.1) is 0 Å². The Labute approximate surface area is 163 Å². The van der Waals surface area contributed by atoms with Gasteiger partial charge in [0, 0.05) is 29.6 Å². The smallest absolute Gasteiger partial charge is 0.240 e. The third kappa shape index (κ3) is 5.71. The van der Waals surface area contributed by atoms with Crippen LogP contribution < -0.4 is 10.0 Å². The SMILES string of the molecule is Cc1ccc(S(=O)(=O)NCCC(=O)NCc2ccc(Cl)cc2Cl)c(C)c1. The molecule has 0 atom stereocenters. The van der Waals surface area contributed by atoms with Crippen molar-refractivity contribution >= 4 is 39.1 Å². The molecule has 0 aromatic heterocycles. The Bertz CT molecular complexity index is 915. The summed E-state index contributed by atoms with van der Waals surface area (Å²) in [6.07, 6.45) is 0.0232. The summed E-state index contributed by atoms with van der Waals surface area (Å²) in [6.45, 7) is 3.90. The van der Waals surface area contributed by atoms with E-state index >= 15 is 0 Å². The standard InChI is InChI=1S/C18H20Cl2N2O3S/c1-12-3-6-17(13(2)9-12)26(24,25)22-8-7-18(23)21-11-14-4-5-15(19)10-16(14)20/h3-6,9-10,22H,7-8,11H2,1-2H3,(H,21,23). The summed E-state index contributed by atoms with van der Waals surface area (Å²) in [5.74, 6) is -0.278. The quantitative estimate of drug-likeness (QED) is 0.726. The highest BCUT2D eigenvalue weighted by atomic mass is 35.5. The van der Waals surface area contributed by atoms with Crippen molar-refractivity contribution in [2.24, 2.45) is 0 Å². The predicted octanol–water partition coefficient (Wildman–Crippen LogP) is 3.60. The number of carbonyl (C=O) groups excluding carboxylic acids is 1. The van der Waals surface area contributed by atoms with Gasteiger partial charge in [0.25, 0.3) is 0 Å². The van der Waals surface area contributed by atoms with Gasteiger partial charge in [-0.05, 0) is 43.2 Å². The molecule has 5 nitrogen and oxygen atoms in total. The van der Waals surface area contributed by atoms with E-state index in [0.29, 0.717) is 15.6 Å². The van der Waals surface area contributed by atoms with Gasteiger partial charge in [0.05, 0.1) is 4.90 Å². The number of rotatable bonds is 7.